The van der Waals surface area contributed by atoms with Gasteiger partial charge in [0.15, 0.2) is 0 Å². The summed E-state index contributed by atoms with van der Waals surface area (Å²) in [5.74, 6) is -1.08. The van der Waals surface area contributed by atoms with Crippen LogP contribution in [-0.4, -0.2) is 36.8 Å². The van der Waals surface area contributed by atoms with Gasteiger partial charge in [-0.3, -0.25) is 0 Å². The molecule has 2 rings (SSSR count). The Balaban J connectivity index is 0.00000450. The number of nitrogens with zero attached hydrogens (tertiary/aromatic N) is 1. The Kier molecular flexibility index (Phi) is 7.55. The SMILES string of the molecule is CCc1ccc(S(=O)(=O)NCCSc2ncc(C(F)(F)F)cc2Cl)cc1C(=O)O.[HH]. The van der Waals surface area contributed by atoms with Crippen LogP contribution in [0.2, 0.25) is 5.02 Å². The van der Waals surface area contributed by atoms with Crippen molar-refractivity contribution in [1.29, 1.82) is 0 Å². The molecule has 12 heteroatoms. The first-order valence-electron chi connectivity index (χ1n) is 8.17. The molecule has 0 fully saturated rings. The predicted octanol–water partition coefficient (Wildman–Crippen LogP) is 4.33. The smallest absolute Gasteiger partial charge is 0.417 e. The van der Waals surface area contributed by atoms with E-state index in [1.54, 1.807) is 6.92 Å². The minimum Gasteiger partial charge on any atom is -0.478 e. The summed E-state index contributed by atoms with van der Waals surface area (Å²) < 4.78 is 64.8. The zero-order valence-electron chi connectivity index (χ0n) is 15.0. The molecule has 0 aliphatic rings. The van der Waals surface area contributed by atoms with Crippen molar-refractivity contribution >= 4 is 39.4 Å². The molecule has 1 aromatic heterocycles. The molecular weight excluding hydrogens is 453 g/mol. The van der Waals surface area contributed by atoms with Gasteiger partial charge in [-0.15, -0.1) is 11.8 Å². The number of pyridine rings is 1. The summed E-state index contributed by atoms with van der Waals surface area (Å²) in [5.41, 5.74) is -0.558. The lowest BCUT2D eigenvalue weighted by Gasteiger charge is -2.10. The number of halogens is 4. The molecule has 6 nitrogen and oxygen atoms in total. The lowest BCUT2D eigenvalue weighted by molar-refractivity contribution is -0.137. The lowest BCUT2D eigenvalue weighted by atomic mass is 10.1. The first-order chi connectivity index (χ1) is 13.5. The van der Waals surface area contributed by atoms with E-state index in [0.29, 0.717) is 18.2 Å². The minimum atomic E-state index is -4.56. The molecule has 0 amide bonds. The molecule has 1 heterocycles. The quantitative estimate of drug-likeness (QED) is 0.440. The highest BCUT2D eigenvalue weighted by Crippen LogP contribution is 2.33. The number of alkyl halides is 3. The predicted molar refractivity (Wildman–Crippen MR) is 105 cm³/mol. The van der Waals surface area contributed by atoms with Gasteiger partial charge in [0, 0.05) is 19.9 Å². The van der Waals surface area contributed by atoms with Crippen molar-refractivity contribution in [2.24, 2.45) is 0 Å². The Morgan fingerprint density at radius 3 is 2.59 bits per heavy atom. The average Bonchev–Trinajstić information content (AvgIpc) is 2.64. The van der Waals surface area contributed by atoms with Crippen LogP contribution >= 0.6 is 23.4 Å². The molecule has 2 aromatic rings. The van der Waals surface area contributed by atoms with Gasteiger partial charge >= 0.3 is 12.1 Å². The highest BCUT2D eigenvalue weighted by atomic mass is 35.5. The Hall–Kier alpha value is -1.82. The third-order valence-corrected chi connectivity index (χ3v) is 6.64. The standard InChI is InChI=1S/C17H16ClF3N2O4S2.H2/c1-2-10-3-4-12(8-13(10)16(24)25)29(26,27)23-5-6-28-15-14(18)7-11(9-22-15)17(19,20)21;/h3-4,7-9,23H,2,5-6H2,1H3,(H,24,25);1H. The van der Waals surface area contributed by atoms with Gasteiger partial charge in [-0.25, -0.2) is 22.9 Å². The van der Waals surface area contributed by atoms with E-state index >= 15 is 0 Å². The summed E-state index contributed by atoms with van der Waals surface area (Å²) in [4.78, 5) is 14.8. The zero-order valence-corrected chi connectivity index (χ0v) is 17.3. The molecule has 2 N–H and O–H groups in total. The zero-order chi connectivity index (χ0) is 21.8. The highest BCUT2D eigenvalue weighted by Gasteiger charge is 2.31. The summed E-state index contributed by atoms with van der Waals surface area (Å²) >= 11 is 6.78. The van der Waals surface area contributed by atoms with Gasteiger partial charge in [0.2, 0.25) is 10.0 Å². The average molecular weight is 471 g/mol. The van der Waals surface area contributed by atoms with Gasteiger partial charge < -0.3 is 5.11 Å². The van der Waals surface area contributed by atoms with Gasteiger partial charge in [-0.1, -0.05) is 24.6 Å². The number of carboxylic acids is 1. The van der Waals surface area contributed by atoms with E-state index in [9.17, 15) is 31.5 Å². The molecule has 0 aliphatic carbocycles. The summed E-state index contributed by atoms with van der Waals surface area (Å²) in [6.45, 7) is 1.69. The van der Waals surface area contributed by atoms with E-state index in [2.05, 4.69) is 9.71 Å². The number of carboxylic acid groups (broad SMARTS) is 1. The van der Waals surface area contributed by atoms with Crippen LogP contribution in [0, 0.1) is 0 Å². The number of hydrogen-bond acceptors (Lipinski definition) is 5. The number of sulfonamides is 1. The van der Waals surface area contributed by atoms with Gasteiger partial charge in [0.1, 0.15) is 5.03 Å². The monoisotopic (exact) mass is 470 g/mol. The van der Waals surface area contributed by atoms with Crippen LogP contribution < -0.4 is 4.72 Å². The lowest BCUT2D eigenvalue weighted by Crippen LogP contribution is -2.26. The number of aryl methyl sites for hydroxylation is 1. The molecule has 29 heavy (non-hydrogen) atoms. The van der Waals surface area contributed by atoms with Crippen molar-refractivity contribution < 1.29 is 32.9 Å². The number of aromatic nitrogens is 1. The number of thioether (sulfide) groups is 1. The molecule has 0 aliphatic heterocycles. The molecule has 0 spiro atoms. The summed E-state index contributed by atoms with van der Waals surface area (Å²) in [6, 6.07) is 4.60. The number of nitrogens with one attached hydrogen (secondary N) is 1. The molecule has 0 saturated carbocycles. The van der Waals surface area contributed by atoms with Gasteiger partial charge in [-0.05, 0) is 30.2 Å². The van der Waals surface area contributed by atoms with E-state index in [0.717, 1.165) is 23.9 Å². The van der Waals surface area contributed by atoms with Crippen LogP contribution in [-0.2, 0) is 22.6 Å². The van der Waals surface area contributed by atoms with Crippen LogP contribution in [0.5, 0.6) is 0 Å². The fourth-order valence-corrected chi connectivity index (χ4v) is 4.56. The van der Waals surface area contributed by atoms with Crippen LogP contribution in [0.1, 0.15) is 29.8 Å². The molecule has 0 atom stereocenters. The first-order valence-corrected chi connectivity index (χ1v) is 11.0. The third kappa shape index (κ3) is 6.08. The van der Waals surface area contributed by atoms with Crippen molar-refractivity contribution in [2.75, 3.05) is 12.3 Å². The van der Waals surface area contributed by atoms with Crippen molar-refractivity contribution in [3.8, 4) is 0 Å². The van der Waals surface area contributed by atoms with Crippen molar-refractivity contribution in [2.45, 2.75) is 29.4 Å². The second kappa shape index (κ2) is 9.33. The number of benzene rings is 1. The number of aromatic carboxylic acids is 1. The van der Waals surface area contributed by atoms with Crippen LogP contribution in [0.3, 0.4) is 0 Å². The number of rotatable bonds is 8. The van der Waals surface area contributed by atoms with Gasteiger partial charge in [0.05, 0.1) is 21.0 Å². The third-order valence-electron chi connectivity index (χ3n) is 3.77. The first kappa shape index (κ1) is 23.5. The molecule has 1 aromatic carbocycles. The Morgan fingerprint density at radius 2 is 2.03 bits per heavy atom. The normalized spacial score (nSPS) is 12.2. The topological polar surface area (TPSA) is 96.4 Å². The molecule has 0 unspecified atom stereocenters. The van der Waals surface area contributed by atoms with Crippen LogP contribution in [0.4, 0.5) is 13.2 Å². The van der Waals surface area contributed by atoms with Gasteiger partial charge in [0.25, 0.3) is 0 Å². The maximum Gasteiger partial charge on any atom is 0.417 e. The van der Waals surface area contributed by atoms with E-state index in [1.165, 1.54) is 12.1 Å². The minimum absolute atomic E-state index is 0. The molecule has 0 bridgehead atoms. The second-order valence-electron chi connectivity index (χ2n) is 5.73. The maximum atomic E-state index is 12.6. The van der Waals surface area contributed by atoms with E-state index < -0.39 is 27.7 Å². The van der Waals surface area contributed by atoms with Crippen LogP contribution in [0.25, 0.3) is 0 Å². The number of carbonyl (C=O) groups is 1. The molecule has 160 valence electrons. The fraction of sp³-hybridized carbons (Fsp3) is 0.294. The second-order valence-corrected chi connectivity index (χ2v) is 8.99. The highest BCUT2D eigenvalue weighted by molar-refractivity contribution is 7.99. The Labute approximate surface area is 176 Å². The van der Waals surface area contributed by atoms with E-state index in [4.69, 9.17) is 11.6 Å². The molecule has 0 radical (unpaired) electrons. The van der Waals surface area contributed by atoms with Gasteiger partial charge in [-0.2, -0.15) is 13.2 Å². The molecular formula is C17H18ClF3N2O4S2. The van der Waals surface area contributed by atoms with Crippen molar-refractivity contribution in [3.05, 3.63) is 52.2 Å². The van der Waals surface area contributed by atoms with Crippen molar-refractivity contribution in [1.82, 2.24) is 9.71 Å². The summed E-state index contributed by atoms with van der Waals surface area (Å²) in [7, 11) is -3.96. The fourth-order valence-electron chi connectivity index (χ4n) is 2.32. The van der Waals surface area contributed by atoms with Crippen molar-refractivity contribution in [3.63, 3.8) is 0 Å². The Bertz CT molecular complexity index is 1020. The van der Waals surface area contributed by atoms with E-state index in [1.807, 2.05) is 0 Å². The maximum absolute atomic E-state index is 12.6. The Morgan fingerprint density at radius 1 is 1.34 bits per heavy atom. The summed E-state index contributed by atoms with van der Waals surface area (Å²) in [5, 5.41) is 9.17. The van der Waals surface area contributed by atoms with Crippen LogP contribution in [0.15, 0.2) is 40.4 Å². The van der Waals surface area contributed by atoms with E-state index in [-0.39, 0.29) is 34.2 Å². The largest absolute Gasteiger partial charge is 0.478 e. The number of hydrogen-bond donors (Lipinski definition) is 2. The summed E-state index contributed by atoms with van der Waals surface area (Å²) in [6.07, 6.45) is -3.47. The molecule has 0 saturated heterocycles.